The summed E-state index contributed by atoms with van der Waals surface area (Å²) in [5, 5.41) is 0. The van der Waals surface area contributed by atoms with Crippen molar-refractivity contribution < 1.29 is 4.79 Å². The summed E-state index contributed by atoms with van der Waals surface area (Å²) in [5.41, 5.74) is 0. The summed E-state index contributed by atoms with van der Waals surface area (Å²) in [4.78, 5) is 17.6. The highest BCUT2D eigenvalue weighted by Gasteiger charge is 2.15. The second-order valence-electron chi connectivity index (χ2n) is 3.68. The number of carbonyl (C=O) groups excluding carboxylic acids is 1. The lowest BCUT2D eigenvalue weighted by Gasteiger charge is -2.26. The summed E-state index contributed by atoms with van der Waals surface area (Å²) in [6.07, 6.45) is 8.76. The largest absolute Gasteiger partial charge is 0.341 e. The van der Waals surface area contributed by atoms with E-state index >= 15 is 0 Å². The van der Waals surface area contributed by atoms with Crippen molar-refractivity contribution in [3.8, 4) is 0 Å². The maximum Gasteiger partial charge on any atom is 0.242 e. The Labute approximate surface area is 83.5 Å². The molecule has 1 amide bonds. The summed E-state index contributed by atoms with van der Waals surface area (Å²) in [7, 11) is 0. The SMILES string of the molecule is O=C(Cn1ccnc1)N1CCCCC1. The Morgan fingerprint density at radius 2 is 2.07 bits per heavy atom. The lowest BCUT2D eigenvalue weighted by atomic mass is 10.1. The molecule has 0 bridgehead atoms. The molecule has 1 aromatic rings. The number of rotatable bonds is 2. The minimum Gasteiger partial charge on any atom is -0.341 e. The van der Waals surface area contributed by atoms with Gasteiger partial charge in [-0.2, -0.15) is 0 Å². The van der Waals surface area contributed by atoms with Gasteiger partial charge in [-0.05, 0) is 19.3 Å². The third-order valence-corrected chi connectivity index (χ3v) is 2.59. The van der Waals surface area contributed by atoms with Crippen molar-refractivity contribution in [1.82, 2.24) is 14.5 Å². The molecule has 14 heavy (non-hydrogen) atoms. The maximum atomic E-state index is 11.7. The number of carbonyl (C=O) groups is 1. The van der Waals surface area contributed by atoms with Crippen LogP contribution in [0.4, 0.5) is 0 Å². The van der Waals surface area contributed by atoms with Gasteiger partial charge in [-0.15, -0.1) is 0 Å². The van der Waals surface area contributed by atoms with E-state index in [0.29, 0.717) is 6.54 Å². The molecule has 2 rings (SSSR count). The first kappa shape index (κ1) is 9.24. The highest BCUT2D eigenvalue weighted by atomic mass is 16.2. The van der Waals surface area contributed by atoms with Crippen molar-refractivity contribution >= 4 is 5.91 Å². The van der Waals surface area contributed by atoms with Crippen LogP contribution in [-0.4, -0.2) is 33.4 Å². The average Bonchev–Trinajstić information content (AvgIpc) is 2.72. The van der Waals surface area contributed by atoms with E-state index in [1.807, 2.05) is 15.7 Å². The number of likely N-dealkylation sites (tertiary alicyclic amines) is 1. The number of hydrogen-bond acceptors (Lipinski definition) is 2. The van der Waals surface area contributed by atoms with Gasteiger partial charge in [0, 0.05) is 25.5 Å². The third-order valence-electron chi connectivity index (χ3n) is 2.59. The van der Waals surface area contributed by atoms with Gasteiger partial charge in [0.25, 0.3) is 0 Å². The van der Waals surface area contributed by atoms with Crippen molar-refractivity contribution in [2.24, 2.45) is 0 Å². The van der Waals surface area contributed by atoms with Crippen molar-refractivity contribution in [1.29, 1.82) is 0 Å². The Kier molecular flexibility index (Phi) is 2.81. The number of aromatic nitrogens is 2. The van der Waals surface area contributed by atoms with Crippen molar-refractivity contribution in [2.45, 2.75) is 25.8 Å². The van der Waals surface area contributed by atoms with Crippen LogP contribution in [0.25, 0.3) is 0 Å². The number of amides is 1. The first-order valence-electron chi connectivity index (χ1n) is 5.10. The van der Waals surface area contributed by atoms with Crippen LogP contribution in [0.1, 0.15) is 19.3 Å². The first-order chi connectivity index (χ1) is 6.86. The van der Waals surface area contributed by atoms with Gasteiger partial charge in [-0.1, -0.05) is 0 Å². The average molecular weight is 193 g/mol. The molecule has 1 saturated heterocycles. The van der Waals surface area contributed by atoms with Crippen LogP contribution >= 0.6 is 0 Å². The molecule has 0 unspecified atom stereocenters. The predicted molar refractivity (Wildman–Crippen MR) is 52.7 cm³/mol. The van der Waals surface area contributed by atoms with Crippen molar-refractivity contribution in [3.05, 3.63) is 18.7 Å². The molecule has 1 aliphatic heterocycles. The van der Waals surface area contributed by atoms with E-state index in [-0.39, 0.29) is 5.91 Å². The van der Waals surface area contributed by atoms with Crippen LogP contribution in [0.15, 0.2) is 18.7 Å². The van der Waals surface area contributed by atoms with Gasteiger partial charge in [-0.25, -0.2) is 4.98 Å². The molecule has 0 spiro atoms. The van der Waals surface area contributed by atoms with Gasteiger partial charge < -0.3 is 9.47 Å². The maximum absolute atomic E-state index is 11.7. The molecule has 76 valence electrons. The standard InChI is InChI=1S/C10H15N3O/c14-10(8-12-7-4-11-9-12)13-5-2-1-3-6-13/h4,7,9H,1-3,5-6,8H2. The predicted octanol–water partition coefficient (Wildman–Crippen LogP) is 0.896. The van der Waals surface area contributed by atoms with Crippen LogP contribution in [-0.2, 0) is 11.3 Å². The molecule has 1 aliphatic rings. The summed E-state index contributed by atoms with van der Waals surface area (Å²) in [6, 6.07) is 0. The minimum absolute atomic E-state index is 0.211. The van der Waals surface area contributed by atoms with E-state index in [2.05, 4.69) is 4.98 Å². The van der Waals surface area contributed by atoms with Gasteiger partial charge in [0.15, 0.2) is 0 Å². The molecule has 0 atom stereocenters. The van der Waals surface area contributed by atoms with Gasteiger partial charge in [0.2, 0.25) is 5.91 Å². The molecule has 0 aromatic carbocycles. The van der Waals surface area contributed by atoms with E-state index < -0.39 is 0 Å². The zero-order chi connectivity index (χ0) is 9.80. The fraction of sp³-hybridized carbons (Fsp3) is 0.600. The molecule has 1 aromatic heterocycles. The van der Waals surface area contributed by atoms with Gasteiger partial charge >= 0.3 is 0 Å². The van der Waals surface area contributed by atoms with E-state index in [1.54, 1.807) is 12.5 Å². The Bertz CT molecular complexity index is 288. The fourth-order valence-electron chi connectivity index (χ4n) is 1.78. The third kappa shape index (κ3) is 2.13. The smallest absolute Gasteiger partial charge is 0.242 e. The Hall–Kier alpha value is -1.32. The van der Waals surface area contributed by atoms with E-state index in [0.717, 1.165) is 25.9 Å². The molecule has 4 heteroatoms. The van der Waals surface area contributed by atoms with E-state index in [4.69, 9.17) is 0 Å². The lowest BCUT2D eigenvalue weighted by molar-refractivity contribution is -0.132. The summed E-state index contributed by atoms with van der Waals surface area (Å²) < 4.78 is 1.82. The number of piperidine rings is 1. The van der Waals surface area contributed by atoms with Gasteiger partial charge in [0.1, 0.15) is 6.54 Å². The van der Waals surface area contributed by atoms with Crippen LogP contribution < -0.4 is 0 Å². The zero-order valence-corrected chi connectivity index (χ0v) is 8.22. The number of imidazole rings is 1. The molecule has 0 N–H and O–H groups in total. The molecule has 2 heterocycles. The Morgan fingerprint density at radius 1 is 1.29 bits per heavy atom. The van der Waals surface area contributed by atoms with Crippen LogP contribution in [0, 0.1) is 0 Å². The quantitative estimate of drug-likeness (QED) is 0.699. The minimum atomic E-state index is 0.211. The fourth-order valence-corrected chi connectivity index (χ4v) is 1.78. The molecule has 0 aliphatic carbocycles. The zero-order valence-electron chi connectivity index (χ0n) is 8.22. The van der Waals surface area contributed by atoms with Gasteiger partial charge in [-0.3, -0.25) is 4.79 Å². The monoisotopic (exact) mass is 193 g/mol. The molecule has 0 saturated carbocycles. The molecular weight excluding hydrogens is 178 g/mol. The molecular formula is C10H15N3O. The van der Waals surface area contributed by atoms with E-state index in [9.17, 15) is 4.79 Å². The Balaban J connectivity index is 1.88. The highest BCUT2D eigenvalue weighted by Crippen LogP contribution is 2.09. The highest BCUT2D eigenvalue weighted by molar-refractivity contribution is 5.76. The second kappa shape index (κ2) is 4.26. The normalized spacial score (nSPS) is 17.0. The lowest BCUT2D eigenvalue weighted by Crippen LogP contribution is -2.37. The summed E-state index contributed by atoms with van der Waals surface area (Å²) in [5.74, 6) is 0.211. The number of hydrogen-bond donors (Lipinski definition) is 0. The molecule has 0 radical (unpaired) electrons. The summed E-state index contributed by atoms with van der Waals surface area (Å²) in [6.45, 7) is 2.28. The molecule has 4 nitrogen and oxygen atoms in total. The van der Waals surface area contributed by atoms with Crippen molar-refractivity contribution in [2.75, 3.05) is 13.1 Å². The number of nitrogens with zero attached hydrogens (tertiary/aromatic N) is 3. The van der Waals surface area contributed by atoms with Gasteiger partial charge in [0.05, 0.1) is 6.33 Å². The first-order valence-corrected chi connectivity index (χ1v) is 5.10. The van der Waals surface area contributed by atoms with E-state index in [1.165, 1.54) is 6.42 Å². The van der Waals surface area contributed by atoms with Crippen LogP contribution in [0.2, 0.25) is 0 Å². The molecule has 1 fully saturated rings. The van der Waals surface area contributed by atoms with Crippen molar-refractivity contribution in [3.63, 3.8) is 0 Å². The Morgan fingerprint density at radius 3 is 2.71 bits per heavy atom. The topological polar surface area (TPSA) is 38.1 Å². The van der Waals surface area contributed by atoms with Crippen LogP contribution in [0.5, 0.6) is 0 Å². The van der Waals surface area contributed by atoms with Crippen LogP contribution in [0.3, 0.4) is 0 Å². The summed E-state index contributed by atoms with van der Waals surface area (Å²) >= 11 is 0. The second-order valence-corrected chi connectivity index (χ2v) is 3.68.